The zero-order valence-electron chi connectivity index (χ0n) is 14.7. The zero-order valence-corrected chi connectivity index (χ0v) is 14.7. The normalized spacial score (nSPS) is 24.7. The van der Waals surface area contributed by atoms with E-state index in [0.717, 1.165) is 31.4 Å². The number of amides is 1. The van der Waals surface area contributed by atoms with Gasteiger partial charge in [-0.1, -0.05) is 0 Å². The van der Waals surface area contributed by atoms with Crippen LogP contribution in [0.1, 0.15) is 31.4 Å². The Labute approximate surface area is 150 Å². The van der Waals surface area contributed by atoms with Crippen molar-refractivity contribution in [2.45, 2.75) is 50.8 Å². The fourth-order valence-electron chi connectivity index (χ4n) is 4.15. The van der Waals surface area contributed by atoms with Gasteiger partial charge in [0.05, 0.1) is 24.4 Å². The Balaban J connectivity index is 1.64. The highest BCUT2D eigenvalue weighted by Crippen LogP contribution is 2.40. The molecule has 2 saturated heterocycles. The van der Waals surface area contributed by atoms with Crippen LogP contribution in [-0.2, 0) is 11.3 Å². The number of aryl methyl sites for hydroxylation is 1. The molecule has 1 N–H and O–H groups in total. The Morgan fingerprint density at radius 3 is 2.85 bits per heavy atom. The molecule has 5 rings (SSSR count). The van der Waals surface area contributed by atoms with Gasteiger partial charge < -0.3 is 9.84 Å². The SMILES string of the molecule is Cc1ccc2ncc(=O)n(CCN(C(=O)O)C34CCC(CC3)OC4)c2n1. The first-order valence-electron chi connectivity index (χ1n) is 8.94. The maximum absolute atomic E-state index is 12.3. The molecule has 3 aliphatic rings. The van der Waals surface area contributed by atoms with E-state index in [4.69, 9.17) is 4.74 Å². The Kier molecular flexibility index (Phi) is 4.14. The lowest BCUT2D eigenvalue weighted by atomic mass is 9.77. The van der Waals surface area contributed by atoms with Crippen LogP contribution in [-0.4, -0.2) is 55.4 Å². The smallest absolute Gasteiger partial charge is 0.407 e. The number of carbonyl (C=O) groups is 1. The van der Waals surface area contributed by atoms with Gasteiger partial charge in [0.1, 0.15) is 5.52 Å². The van der Waals surface area contributed by atoms with Crippen LogP contribution in [0.15, 0.2) is 23.1 Å². The molecule has 2 aromatic rings. The molecule has 26 heavy (non-hydrogen) atoms. The van der Waals surface area contributed by atoms with Crippen molar-refractivity contribution < 1.29 is 14.6 Å². The van der Waals surface area contributed by atoms with E-state index in [-0.39, 0.29) is 24.8 Å². The zero-order chi connectivity index (χ0) is 18.3. The molecular weight excluding hydrogens is 336 g/mol. The summed E-state index contributed by atoms with van der Waals surface area (Å²) in [7, 11) is 0. The van der Waals surface area contributed by atoms with E-state index < -0.39 is 11.6 Å². The Morgan fingerprint density at radius 2 is 2.19 bits per heavy atom. The molecule has 0 atom stereocenters. The maximum Gasteiger partial charge on any atom is 0.407 e. The number of aromatic nitrogens is 3. The molecule has 8 nitrogen and oxygen atoms in total. The van der Waals surface area contributed by atoms with Gasteiger partial charge in [0.15, 0.2) is 5.65 Å². The topological polar surface area (TPSA) is 97.6 Å². The summed E-state index contributed by atoms with van der Waals surface area (Å²) in [6, 6.07) is 3.65. The minimum Gasteiger partial charge on any atom is -0.465 e. The molecule has 0 radical (unpaired) electrons. The largest absolute Gasteiger partial charge is 0.465 e. The summed E-state index contributed by atoms with van der Waals surface area (Å²) >= 11 is 0. The van der Waals surface area contributed by atoms with Gasteiger partial charge in [0.2, 0.25) is 0 Å². The number of hydrogen-bond donors (Lipinski definition) is 1. The van der Waals surface area contributed by atoms with Crippen molar-refractivity contribution in [2.75, 3.05) is 13.2 Å². The van der Waals surface area contributed by atoms with E-state index >= 15 is 0 Å². The third kappa shape index (κ3) is 2.84. The monoisotopic (exact) mass is 358 g/mol. The molecule has 2 bridgehead atoms. The van der Waals surface area contributed by atoms with Crippen LogP contribution in [0.5, 0.6) is 0 Å². The summed E-state index contributed by atoms with van der Waals surface area (Å²) in [5.74, 6) is 0. The summed E-state index contributed by atoms with van der Waals surface area (Å²) in [5.41, 5.74) is 1.14. The molecule has 8 heteroatoms. The minimum atomic E-state index is -0.968. The summed E-state index contributed by atoms with van der Waals surface area (Å²) < 4.78 is 7.29. The average molecular weight is 358 g/mol. The van der Waals surface area contributed by atoms with Crippen molar-refractivity contribution >= 4 is 17.3 Å². The highest BCUT2D eigenvalue weighted by Gasteiger charge is 2.47. The lowest BCUT2D eigenvalue weighted by molar-refractivity contribution is -0.126. The predicted octanol–water partition coefficient (Wildman–Crippen LogP) is 1.79. The first-order valence-corrected chi connectivity index (χ1v) is 8.94. The average Bonchev–Trinajstić information content (AvgIpc) is 2.64. The van der Waals surface area contributed by atoms with E-state index in [9.17, 15) is 14.7 Å². The van der Waals surface area contributed by atoms with Gasteiger partial charge in [0.25, 0.3) is 5.56 Å². The molecule has 1 amide bonds. The van der Waals surface area contributed by atoms with E-state index in [2.05, 4.69) is 9.97 Å². The maximum atomic E-state index is 12.3. The van der Waals surface area contributed by atoms with Gasteiger partial charge in [0, 0.05) is 18.8 Å². The van der Waals surface area contributed by atoms with Crippen LogP contribution in [0.2, 0.25) is 0 Å². The summed E-state index contributed by atoms with van der Waals surface area (Å²) in [4.78, 5) is 34.3. The van der Waals surface area contributed by atoms with Gasteiger partial charge in [-0.05, 0) is 44.7 Å². The summed E-state index contributed by atoms with van der Waals surface area (Å²) in [6.07, 6.45) is 3.97. The van der Waals surface area contributed by atoms with Crippen molar-refractivity contribution in [1.82, 2.24) is 19.4 Å². The fraction of sp³-hybridized carbons (Fsp3) is 0.556. The van der Waals surface area contributed by atoms with Gasteiger partial charge in [-0.3, -0.25) is 14.3 Å². The van der Waals surface area contributed by atoms with Crippen LogP contribution in [0.3, 0.4) is 0 Å². The molecule has 1 aliphatic carbocycles. The Bertz CT molecular complexity index is 888. The van der Waals surface area contributed by atoms with Crippen molar-refractivity contribution in [2.24, 2.45) is 0 Å². The van der Waals surface area contributed by atoms with Gasteiger partial charge in [-0.25, -0.2) is 14.8 Å². The number of carboxylic acid groups (broad SMARTS) is 1. The Morgan fingerprint density at radius 1 is 1.42 bits per heavy atom. The molecule has 1 saturated carbocycles. The van der Waals surface area contributed by atoms with Crippen LogP contribution in [0.4, 0.5) is 4.79 Å². The number of fused-ring (bicyclic) bond motifs is 4. The van der Waals surface area contributed by atoms with Crippen molar-refractivity contribution in [3.63, 3.8) is 0 Å². The summed E-state index contributed by atoms with van der Waals surface area (Å²) in [6.45, 7) is 2.75. The number of hydrogen-bond acceptors (Lipinski definition) is 5. The van der Waals surface area contributed by atoms with E-state index in [1.165, 1.54) is 15.7 Å². The van der Waals surface area contributed by atoms with Crippen LogP contribution in [0.25, 0.3) is 11.2 Å². The molecular formula is C18H22N4O4. The lowest BCUT2D eigenvalue weighted by Gasteiger charge is -2.51. The van der Waals surface area contributed by atoms with Crippen LogP contribution >= 0.6 is 0 Å². The van der Waals surface area contributed by atoms with E-state index in [1.807, 2.05) is 19.1 Å². The second kappa shape index (κ2) is 6.35. The standard InChI is InChI=1S/C18H22N4O4/c1-12-2-3-14-16(20-12)21(15(23)10-19-14)8-9-22(17(24)25)18-6-4-13(5-7-18)26-11-18/h2-3,10,13H,4-9,11H2,1H3,(H,24,25). The number of pyridine rings is 1. The lowest BCUT2D eigenvalue weighted by Crippen LogP contribution is -2.61. The molecule has 4 heterocycles. The predicted molar refractivity (Wildman–Crippen MR) is 94.2 cm³/mol. The third-order valence-corrected chi connectivity index (χ3v) is 5.63. The van der Waals surface area contributed by atoms with Crippen molar-refractivity contribution in [3.05, 3.63) is 34.4 Å². The number of nitrogens with zero attached hydrogens (tertiary/aromatic N) is 4. The Hall–Kier alpha value is -2.48. The molecule has 0 aromatic carbocycles. The summed E-state index contributed by atoms with van der Waals surface area (Å²) in [5, 5.41) is 9.80. The highest BCUT2D eigenvalue weighted by atomic mass is 16.5. The van der Waals surface area contributed by atoms with Gasteiger partial charge in [-0.15, -0.1) is 0 Å². The second-order valence-corrected chi connectivity index (χ2v) is 7.21. The van der Waals surface area contributed by atoms with E-state index in [1.54, 1.807) is 0 Å². The highest BCUT2D eigenvalue weighted by molar-refractivity contribution is 5.70. The van der Waals surface area contributed by atoms with Gasteiger partial charge >= 0.3 is 6.09 Å². The third-order valence-electron chi connectivity index (χ3n) is 5.63. The number of rotatable bonds is 4. The molecule has 2 aliphatic heterocycles. The first-order chi connectivity index (χ1) is 12.5. The first kappa shape index (κ1) is 17.0. The molecule has 138 valence electrons. The van der Waals surface area contributed by atoms with E-state index in [0.29, 0.717) is 17.8 Å². The molecule has 3 fully saturated rings. The molecule has 0 spiro atoms. The molecule has 2 aromatic heterocycles. The number of ether oxygens (including phenoxy) is 1. The fourth-order valence-corrected chi connectivity index (χ4v) is 4.15. The van der Waals surface area contributed by atoms with Crippen LogP contribution < -0.4 is 5.56 Å². The minimum absolute atomic E-state index is 0.220. The van der Waals surface area contributed by atoms with Crippen molar-refractivity contribution in [3.8, 4) is 0 Å². The van der Waals surface area contributed by atoms with Crippen molar-refractivity contribution in [1.29, 1.82) is 0 Å². The second-order valence-electron chi connectivity index (χ2n) is 7.21. The van der Waals surface area contributed by atoms with Gasteiger partial charge in [-0.2, -0.15) is 0 Å². The quantitative estimate of drug-likeness (QED) is 0.895. The van der Waals surface area contributed by atoms with Crippen LogP contribution in [0, 0.1) is 6.92 Å². The molecule has 0 unspecified atom stereocenters.